The van der Waals surface area contributed by atoms with Gasteiger partial charge in [-0.1, -0.05) is 59.2 Å². The molecule has 8 unspecified atom stereocenters. The van der Waals surface area contributed by atoms with Gasteiger partial charge in [0, 0.05) is 17.4 Å². The zero-order chi connectivity index (χ0) is 35.9. The Bertz CT molecular complexity index is 1570. The van der Waals surface area contributed by atoms with Crippen molar-refractivity contribution in [2.75, 3.05) is 0 Å². The van der Waals surface area contributed by atoms with Gasteiger partial charge in [0.25, 0.3) is 5.91 Å². The molecule has 5 aliphatic rings. The number of Topliss-reactive ketones (excluding diaryl/α,β-unsaturated/α-hetero) is 1. The van der Waals surface area contributed by atoms with Gasteiger partial charge >= 0.3 is 11.9 Å². The Kier molecular flexibility index (Phi) is 8.84. The van der Waals surface area contributed by atoms with Crippen molar-refractivity contribution in [1.29, 1.82) is 0 Å². The Morgan fingerprint density at radius 1 is 0.918 bits per heavy atom. The summed E-state index contributed by atoms with van der Waals surface area (Å²) in [5.41, 5.74) is 2.15. The highest BCUT2D eigenvalue weighted by molar-refractivity contribution is 6.03. The molecule has 0 saturated heterocycles. The molecule has 4 fully saturated rings. The van der Waals surface area contributed by atoms with Gasteiger partial charge in [0.1, 0.15) is 6.10 Å². The van der Waals surface area contributed by atoms with Crippen LogP contribution in [0.1, 0.15) is 136 Å². The number of hydrogen-bond acceptors (Lipinski definition) is 5. The minimum Gasteiger partial charge on any atom is -0.481 e. The molecule has 0 spiro atoms. The number of carbonyl (C=O) groups is 4. The highest BCUT2D eigenvalue weighted by Crippen LogP contribution is 2.72. The van der Waals surface area contributed by atoms with E-state index in [4.69, 9.17) is 4.74 Å². The number of aryl methyl sites for hydroxylation is 1. The fourth-order valence-corrected chi connectivity index (χ4v) is 12.3. The maximum Gasteiger partial charge on any atom is 0.309 e. The standard InChI is InChI=1S/C42H59NO6/c1-24(2)34-29(44)22-42(43-36(46)26-12-10-25(3)11-13-26)21-16-28-27(35(34)42)14-15-31-40(28,8)19-17-30-39(6,7)32(18-20-41(30,31)9)49-33(45)23-38(4,5)37(47)48/h10-13,24,27-28,30-32H,14-23H2,1-9H3,(H,43,46)(H,47,48). The van der Waals surface area contributed by atoms with Crippen LogP contribution in [0.5, 0.6) is 0 Å². The van der Waals surface area contributed by atoms with Crippen molar-refractivity contribution in [1.82, 2.24) is 5.32 Å². The zero-order valence-electron chi connectivity index (χ0n) is 31.3. The normalized spacial score (nSPS) is 36.7. The summed E-state index contributed by atoms with van der Waals surface area (Å²) in [6.45, 7) is 19.0. The fraction of sp³-hybridized carbons (Fsp3) is 0.714. The Labute approximate surface area is 293 Å². The first-order valence-corrected chi connectivity index (χ1v) is 18.9. The second-order valence-electron chi connectivity index (χ2n) is 18.7. The molecule has 0 bridgehead atoms. The van der Waals surface area contributed by atoms with E-state index in [1.54, 1.807) is 13.8 Å². The lowest BCUT2D eigenvalue weighted by molar-refractivity contribution is -0.213. The van der Waals surface area contributed by atoms with Crippen LogP contribution in [0, 0.1) is 58.2 Å². The summed E-state index contributed by atoms with van der Waals surface area (Å²) < 4.78 is 6.13. The number of carboxylic acids is 1. The van der Waals surface area contributed by atoms with Crippen molar-refractivity contribution in [3.8, 4) is 0 Å². The molecule has 0 aromatic heterocycles. The molecule has 0 radical (unpaired) electrons. The lowest BCUT2D eigenvalue weighted by Gasteiger charge is -2.68. The fourth-order valence-electron chi connectivity index (χ4n) is 12.3. The van der Waals surface area contributed by atoms with Gasteiger partial charge in [-0.2, -0.15) is 0 Å². The quantitative estimate of drug-likeness (QED) is 0.281. The van der Waals surface area contributed by atoms with E-state index in [1.165, 1.54) is 5.57 Å². The van der Waals surface area contributed by atoms with E-state index in [0.717, 1.165) is 62.5 Å². The second kappa shape index (κ2) is 12.1. The minimum atomic E-state index is -1.16. The van der Waals surface area contributed by atoms with Crippen LogP contribution < -0.4 is 5.32 Å². The summed E-state index contributed by atoms with van der Waals surface area (Å²) in [5.74, 6) is 0.426. The predicted octanol–water partition coefficient (Wildman–Crippen LogP) is 8.48. The number of amides is 1. The smallest absolute Gasteiger partial charge is 0.309 e. The van der Waals surface area contributed by atoms with Gasteiger partial charge < -0.3 is 15.2 Å². The van der Waals surface area contributed by atoms with Gasteiger partial charge in [0.15, 0.2) is 5.78 Å². The molecular weight excluding hydrogens is 614 g/mol. The molecule has 0 aliphatic heterocycles. The van der Waals surface area contributed by atoms with E-state index in [-0.39, 0.29) is 52.3 Å². The van der Waals surface area contributed by atoms with Gasteiger partial charge in [-0.05, 0) is 136 Å². The number of allylic oxidation sites excluding steroid dienone is 1. The lowest BCUT2D eigenvalue weighted by Crippen LogP contribution is -2.64. The van der Waals surface area contributed by atoms with E-state index in [1.807, 2.05) is 31.2 Å². The van der Waals surface area contributed by atoms with Crippen molar-refractivity contribution in [3.63, 3.8) is 0 Å². The molecule has 1 aromatic carbocycles. The summed E-state index contributed by atoms with van der Waals surface area (Å²) in [4.78, 5) is 52.3. The van der Waals surface area contributed by atoms with E-state index in [0.29, 0.717) is 29.7 Å². The third-order valence-electron chi connectivity index (χ3n) is 14.6. The SMILES string of the molecule is Cc1ccc(C(=O)NC23CCC4C(CCC5C4(C)CCC4C(C)(C)C(OC(=O)CC(C)(C)C(=O)O)CCC45C)C2=C(C(C)C)C(=O)C3)cc1. The average Bonchev–Trinajstić information content (AvgIpc) is 3.30. The summed E-state index contributed by atoms with van der Waals surface area (Å²) in [7, 11) is 0. The number of rotatable bonds is 7. The van der Waals surface area contributed by atoms with E-state index < -0.39 is 22.9 Å². The number of carbonyl (C=O) groups excluding carboxylic acids is 3. The van der Waals surface area contributed by atoms with Crippen LogP contribution in [-0.2, 0) is 19.1 Å². The van der Waals surface area contributed by atoms with Crippen molar-refractivity contribution < 1.29 is 29.0 Å². The molecule has 7 nitrogen and oxygen atoms in total. The largest absolute Gasteiger partial charge is 0.481 e. The first-order chi connectivity index (χ1) is 22.8. The van der Waals surface area contributed by atoms with Crippen LogP contribution in [0.2, 0.25) is 0 Å². The Morgan fingerprint density at radius 3 is 2.20 bits per heavy atom. The van der Waals surface area contributed by atoms with E-state index in [9.17, 15) is 24.3 Å². The van der Waals surface area contributed by atoms with Gasteiger partial charge in [-0.25, -0.2) is 0 Å². The lowest BCUT2D eigenvalue weighted by atomic mass is 9.37. The monoisotopic (exact) mass is 673 g/mol. The summed E-state index contributed by atoms with van der Waals surface area (Å²) in [6, 6.07) is 7.71. The van der Waals surface area contributed by atoms with Gasteiger partial charge in [0.05, 0.1) is 17.4 Å². The molecule has 8 atom stereocenters. The molecule has 4 saturated carbocycles. The average molecular weight is 674 g/mol. The molecule has 7 heteroatoms. The second-order valence-corrected chi connectivity index (χ2v) is 18.7. The number of ether oxygens (including phenoxy) is 1. The maximum atomic E-state index is 13.8. The van der Waals surface area contributed by atoms with Crippen LogP contribution >= 0.6 is 0 Å². The number of aliphatic carboxylic acids is 1. The van der Waals surface area contributed by atoms with Crippen LogP contribution in [0.4, 0.5) is 0 Å². The molecule has 6 rings (SSSR count). The summed E-state index contributed by atoms with van der Waals surface area (Å²) in [5, 5.41) is 13.0. The van der Waals surface area contributed by atoms with Crippen molar-refractivity contribution in [2.45, 2.75) is 138 Å². The Balaban J connectivity index is 1.27. The third-order valence-corrected chi connectivity index (χ3v) is 14.6. The number of nitrogens with one attached hydrogen (secondary N) is 1. The predicted molar refractivity (Wildman–Crippen MR) is 190 cm³/mol. The molecule has 5 aliphatic carbocycles. The van der Waals surface area contributed by atoms with Crippen LogP contribution in [0.25, 0.3) is 0 Å². The molecular formula is C42H59NO6. The number of fused-ring (bicyclic) bond motifs is 7. The molecule has 1 amide bonds. The maximum absolute atomic E-state index is 13.8. The number of carboxylic acid groups (broad SMARTS) is 1. The van der Waals surface area contributed by atoms with Crippen molar-refractivity contribution >= 4 is 23.6 Å². The van der Waals surface area contributed by atoms with E-state index >= 15 is 0 Å². The van der Waals surface area contributed by atoms with Crippen LogP contribution in [0.3, 0.4) is 0 Å². The zero-order valence-corrected chi connectivity index (χ0v) is 31.3. The van der Waals surface area contributed by atoms with Gasteiger partial charge in [-0.15, -0.1) is 0 Å². The first-order valence-electron chi connectivity index (χ1n) is 18.9. The molecule has 0 heterocycles. The third kappa shape index (κ3) is 5.69. The molecule has 268 valence electrons. The number of hydrogen-bond donors (Lipinski definition) is 2. The highest BCUT2D eigenvalue weighted by Gasteiger charge is 2.67. The summed E-state index contributed by atoms with van der Waals surface area (Å²) in [6.07, 6.45) is 7.81. The van der Waals surface area contributed by atoms with Crippen LogP contribution in [-0.4, -0.2) is 40.4 Å². The number of benzene rings is 1. The highest BCUT2D eigenvalue weighted by atomic mass is 16.5. The molecule has 49 heavy (non-hydrogen) atoms. The van der Waals surface area contributed by atoms with Gasteiger partial charge in [-0.3, -0.25) is 19.2 Å². The Morgan fingerprint density at radius 2 is 1.57 bits per heavy atom. The first kappa shape index (κ1) is 35.9. The van der Waals surface area contributed by atoms with Gasteiger partial charge in [0.2, 0.25) is 0 Å². The van der Waals surface area contributed by atoms with Crippen molar-refractivity contribution in [2.24, 2.45) is 51.2 Å². The molecule has 1 aromatic rings. The van der Waals surface area contributed by atoms with Crippen LogP contribution in [0.15, 0.2) is 35.4 Å². The topological polar surface area (TPSA) is 110 Å². The number of ketones is 1. The molecule has 2 N–H and O–H groups in total. The summed E-state index contributed by atoms with van der Waals surface area (Å²) >= 11 is 0. The number of esters is 1. The van der Waals surface area contributed by atoms with Crippen molar-refractivity contribution in [3.05, 3.63) is 46.5 Å². The van der Waals surface area contributed by atoms with E-state index in [2.05, 4.69) is 46.9 Å². The Hall–Kier alpha value is -2.96. The minimum absolute atomic E-state index is 0.0830.